The highest BCUT2D eigenvalue weighted by Crippen LogP contribution is 2.29. The average molecular weight is 374 g/mol. The van der Waals surface area contributed by atoms with Gasteiger partial charge >= 0.3 is 0 Å². The summed E-state index contributed by atoms with van der Waals surface area (Å²) in [4.78, 5) is 19.2. The minimum absolute atomic E-state index is 0.179. The molecule has 0 saturated heterocycles. The van der Waals surface area contributed by atoms with E-state index in [4.69, 9.17) is 4.42 Å². The summed E-state index contributed by atoms with van der Waals surface area (Å²) < 4.78 is 5.87. The fraction of sp³-hybridized carbons (Fsp3) is 0.333. The second kappa shape index (κ2) is 8.01. The Kier molecular flexibility index (Phi) is 5.29. The van der Waals surface area contributed by atoms with E-state index in [1.54, 1.807) is 6.20 Å². The predicted molar refractivity (Wildman–Crippen MR) is 110 cm³/mol. The normalized spacial score (nSPS) is 13.5. The van der Waals surface area contributed by atoms with Crippen LogP contribution in [0.2, 0.25) is 0 Å². The zero-order chi connectivity index (χ0) is 19.5. The monoisotopic (exact) mass is 374 g/mol. The van der Waals surface area contributed by atoms with Crippen LogP contribution in [0.25, 0.3) is 11.3 Å². The molecular formula is C24H26N2O2. The van der Waals surface area contributed by atoms with Crippen molar-refractivity contribution in [1.29, 1.82) is 0 Å². The summed E-state index contributed by atoms with van der Waals surface area (Å²) in [7, 11) is 0. The number of aromatic nitrogens is 1. The van der Waals surface area contributed by atoms with Gasteiger partial charge in [0.1, 0.15) is 0 Å². The van der Waals surface area contributed by atoms with Gasteiger partial charge in [0, 0.05) is 31.0 Å². The van der Waals surface area contributed by atoms with Crippen molar-refractivity contribution in [2.24, 2.45) is 0 Å². The van der Waals surface area contributed by atoms with E-state index >= 15 is 0 Å². The molecular weight excluding hydrogens is 348 g/mol. The molecule has 1 fully saturated rings. The lowest BCUT2D eigenvalue weighted by Gasteiger charge is -2.22. The molecule has 1 amide bonds. The number of nitrogens with zero attached hydrogens (tertiary/aromatic N) is 2. The zero-order valence-corrected chi connectivity index (χ0v) is 16.5. The summed E-state index contributed by atoms with van der Waals surface area (Å²) in [6.07, 6.45) is 4.91. The Morgan fingerprint density at radius 2 is 1.68 bits per heavy atom. The molecule has 1 aliphatic carbocycles. The fourth-order valence-electron chi connectivity index (χ4n) is 3.33. The Hall–Kier alpha value is -2.88. The second-order valence-corrected chi connectivity index (χ2v) is 7.72. The van der Waals surface area contributed by atoms with E-state index < -0.39 is 0 Å². The van der Waals surface area contributed by atoms with Crippen molar-refractivity contribution in [1.82, 2.24) is 9.88 Å². The molecule has 4 rings (SSSR count). The molecule has 0 spiro atoms. The van der Waals surface area contributed by atoms with Crippen LogP contribution in [-0.4, -0.2) is 21.8 Å². The molecule has 3 aromatic rings. The van der Waals surface area contributed by atoms with Crippen molar-refractivity contribution in [2.45, 2.75) is 52.1 Å². The lowest BCUT2D eigenvalue weighted by Crippen LogP contribution is -2.32. The van der Waals surface area contributed by atoms with Crippen LogP contribution in [-0.2, 0) is 17.8 Å². The van der Waals surface area contributed by atoms with E-state index in [1.165, 1.54) is 16.7 Å². The molecule has 4 nitrogen and oxygen atoms in total. The largest absolute Gasteiger partial charge is 0.441 e. The van der Waals surface area contributed by atoms with E-state index in [1.807, 2.05) is 17.0 Å². The van der Waals surface area contributed by atoms with Crippen molar-refractivity contribution >= 4 is 5.91 Å². The van der Waals surface area contributed by atoms with Crippen LogP contribution < -0.4 is 0 Å². The molecule has 0 unspecified atom stereocenters. The van der Waals surface area contributed by atoms with Crippen LogP contribution in [0.4, 0.5) is 0 Å². The number of carbonyl (C=O) groups is 1. The maximum absolute atomic E-state index is 12.8. The summed E-state index contributed by atoms with van der Waals surface area (Å²) in [6, 6.07) is 17.0. The number of rotatable bonds is 7. The lowest BCUT2D eigenvalue weighted by molar-refractivity contribution is -0.132. The van der Waals surface area contributed by atoms with Crippen LogP contribution >= 0.6 is 0 Å². The number of aryl methyl sites for hydroxylation is 3. The standard InChI is InChI=1S/C24H26N2O2/c1-17-3-7-19(8-4-17)16-26(21-11-12-21)24(27)14-13-23-25-15-22(28-23)20-9-5-18(2)6-10-20/h3-10,15,21H,11-14,16H2,1-2H3. The third kappa shape index (κ3) is 4.50. The summed E-state index contributed by atoms with van der Waals surface area (Å²) >= 11 is 0. The van der Waals surface area contributed by atoms with Crippen LogP contribution in [0.5, 0.6) is 0 Å². The Bertz CT molecular complexity index is 937. The highest BCUT2D eigenvalue weighted by molar-refractivity contribution is 5.77. The van der Waals surface area contributed by atoms with E-state index in [0.717, 1.165) is 24.2 Å². The molecule has 1 saturated carbocycles. The summed E-state index contributed by atoms with van der Waals surface area (Å²) in [5.74, 6) is 1.55. The van der Waals surface area contributed by atoms with Gasteiger partial charge in [0.15, 0.2) is 11.7 Å². The molecule has 1 aliphatic rings. The number of carbonyl (C=O) groups excluding carboxylic acids is 1. The van der Waals surface area contributed by atoms with Gasteiger partial charge in [-0.15, -0.1) is 0 Å². The summed E-state index contributed by atoms with van der Waals surface area (Å²) in [5, 5.41) is 0. The minimum Gasteiger partial charge on any atom is -0.441 e. The lowest BCUT2D eigenvalue weighted by atomic mass is 10.1. The molecule has 144 valence electrons. The third-order valence-corrected chi connectivity index (χ3v) is 5.22. The van der Waals surface area contributed by atoms with Gasteiger partial charge in [-0.1, -0.05) is 59.7 Å². The van der Waals surface area contributed by atoms with Crippen LogP contribution in [0.15, 0.2) is 59.1 Å². The molecule has 0 atom stereocenters. The molecule has 1 aromatic heterocycles. The maximum atomic E-state index is 12.8. The van der Waals surface area contributed by atoms with Crippen molar-refractivity contribution in [3.63, 3.8) is 0 Å². The smallest absolute Gasteiger partial charge is 0.223 e. The molecule has 0 bridgehead atoms. The number of benzene rings is 2. The highest BCUT2D eigenvalue weighted by Gasteiger charge is 2.32. The van der Waals surface area contributed by atoms with Gasteiger partial charge < -0.3 is 9.32 Å². The van der Waals surface area contributed by atoms with Crippen LogP contribution in [0, 0.1) is 13.8 Å². The molecule has 0 N–H and O–H groups in total. The Morgan fingerprint density at radius 3 is 2.32 bits per heavy atom. The van der Waals surface area contributed by atoms with Gasteiger partial charge in [-0.05, 0) is 32.3 Å². The molecule has 28 heavy (non-hydrogen) atoms. The summed E-state index contributed by atoms with van der Waals surface area (Å²) in [6.45, 7) is 4.82. The predicted octanol–water partition coefficient (Wildman–Crippen LogP) is 5.08. The van der Waals surface area contributed by atoms with Gasteiger partial charge in [0.05, 0.1) is 6.20 Å². The van der Waals surface area contributed by atoms with E-state index in [9.17, 15) is 4.79 Å². The summed E-state index contributed by atoms with van der Waals surface area (Å²) in [5.41, 5.74) is 4.64. The number of hydrogen-bond donors (Lipinski definition) is 0. The van der Waals surface area contributed by atoms with Gasteiger partial charge in [-0.2, -0.15) is 0 Å². The van der Waals surface area contributed by atoms with Crippen molar-refractivity contribution in [3.05, 3.63) is 77.3 Å². The van der Waals surface area contributed by atoms with Crippen LogP contribution in [0.1, 0.15) is 41.8 Å². The first kappa shape index (κ1) is 18.5. The van der Waals surface area contributed by atoms with Gasteiger partial charge in [-0.25, -0.2) is 4.98 Å². The quantitative estimate of drug-likeness (QED) is 0.579. The van der Waals surface area contributed by atoms with E-state index in [0.29, 0.717) is 31.3 Å². The Balaban J connectivity index is 1.37. The minimum atomic E-state index is 0.179. The first-order valence-electron chi connectivity index (χ1n) is 9.95. The zero-order valence-electron chi connectivity index (χ0n) is 16.5. The molecule has 0 radical (unpaired) electrons. The fourth-order valence-corrected chi connectivity index (χ4v) is 3.33. The topological polar surface area (TPSA) is 46.3 Å². The molecule has 4 heteroatoms. The average Bonchev–Trinajstić information content (AvgIpc) is 3.43. The highest BCUT2D eigenvalue weighted by atomic mass is 16.4. The van der Waals surface area contributed by atoms with Crippen molar-refractivity contribution in [2.75, 3.05) is 0 Å². The first-order valence-corrected chi connectivity index (χ1v) is 9.95. The van der Waals surface area contributed by atoms with Crippen molar-refractivity contribution in [3.8, 4) is 11.3 Å². The second-order valence-electron chi connectivity index (χ2n) is 7.72. The van der Waals surface area contributed by atoms with E-state index in [-0.39, 0.29) is 5.91 Å². The number of amides is 1. The third-order valence-electron chi connectivity index (χ3n) is 5.22. The molecule has 1 heterocycles. The van der Waals surface area contributed by atoms with E-state index in [2.05, 4.69) is 55.2 Å². The van der Waals surface area contributed by atoms with Gasteiger partial charge in [0.2, 0.25) is 5.91 Å². The van der Waals surface area contributed by atoms with Crippen molar-refractivity contribution < 1.29 is 9.21 Å². The molecule has 2 aromatic carbocycles. The van der Waals surface area contributed by atoms with Gasteiger partial charge in [0.25, 0.3) is 0 Å². The SMILES string of the molecule is Cc1ccc(CN(C(=O)CCc2ncc(-c3ccc(C)cc3)o2)C2CC2)cc1. The Morgan fingerprint density at radius 1 is 1.04 bits per heavy atom. The van der Waals surface area contributed by atoms with Gasteiger partial charge in [-0.3, -0.25) is 4.79 Å². The molecule has 0 aliphatic heterocycles. The first-order chi connectivity index (χ1) is 13.6. The number of oxazole rings is 1. The van der Waals surface area contributed by atoms with Crippen LogP contribution in [0.3, 0.4) is 0 Å². The number of hydrogen-bond acceptors (Lipinski definition) is 3. The Labute approximate surface area is 166 Å². The maximum Gasteiger partial charge on any atom is 0.223 e.